The van der Waals surface area contributed by atoms with Crippen LogP contribution in [0.4, 0.5) is 17.1 Å². The summed E-state index contributed by atoms with van der Waals surface area (Å²) >= 11 is 0. The number of hydrogen-bond donors (Lipinski definition) is 0. The predicted molar refractivity (Wildman–Crippen MR) is 132 cm³/mol. The van der Waals surface area contributed by atoms with Gasteiger partial charge in [0.1, 0.15) is 15.5 Å². The van der Waals surface area contributed by atoms with Crippen molar-refractivity contribution in [2.75, 3.05) is 9.80 Å². The van der Waals surface area contributed by atoms with Gasteiger partial charge in [0.25, 0.3) is 0 Å². The Kier molecular flexibility index (Phi) is 7.24. The summed E-state index contributed by atoms with van der Waals surface area (Å²) in [5, 5.41) is 9.20. The van der Waals surface area contributed by atoms with Gasteiger partial charge in [-0.05, 0) is 24.8 Å². The Morgan fingerprint density at radius 3 is 1.91 bits per heavy atom. The molecule has 2 aromatic rings. The Balaban J connectivity index is 0.00000306. The van der Waals surface area contributed by atoms with Crippen molar-refractivity contribution in [2.24, 2.45) is 0 Å². The molecular formula is C24H24N6PtSi2. The molecule has 2 aromatic carbocycles. The van der Waals surface area contributed by atoms with E-state index in [1.807, 2.05) is 34.3 Å². The maximum absolute atomic E-state index is 9.20. The third-order valence-electron chi connectivity index (χ3n) is 6.43. The Hall–Kier alpha value is -2.78. The normalized spacial score (nSPS) is 15.5. The molecular weight excluding hydrogens is 624 g/mol. The van der Waals surface area contributed by atoms with E-state index in [1.165, 1.54) is 0 Å². The summed E-state index contributed by atoms with van der Waals surface area (Å²) in [7, 11) is -3.88. The summed E-state index contributed by atoms with van der Waals surface area (Å²) in [6.07, 6.45) is 8.35. The first-order valence-electron chi connectivity index (χ1n) is 10.3. The number of hydrogen-bond acceptors (Lipinski definition) is 5. The first-order chi connectivity index (χ1) is 15.3. The molecule has 168 valence electrons. The van der Waals surface area contributed by atoms with Crippen LogP contribution in [0, 0.1) is 43.4 Å². The van der Waals surface area contributed by atoms with E-state index >= 15 is 0 Å². The number of rotatable bonds is 5. The van der Waals surface area contributed by atoms with Crippen LogP contribution in [0.5, 0.6) is 0 Å². The van der Waals surface area contributed by atoms with Crippen molar-refractivity contribution < 1.29 is 21.1 Å². The second-order valence-corrected chi connectivity index (χ2v) is 23.3. The molecule has 9 heteroatoms. The molecule has 0 radical (unpaired) electrons. The van der Waals surface area contributed by atoms with Crippen LogP contribution in [0.3, 0.4) is 0 Å². The second-order valence-electron chi connectivity index (χ2n) is 8.69. The minimum atomic E-state index is -1.94. The van der Waals surface area contributed by atoms with E-state index in [0.717, 1.165) is 11.4 Å². The number of benzene rings is 2. The van der Waals surface area contributed by atoms with Gasteiger partial charge in [0.05, 0.1) is 18.3 Å². The molecule has 0 atom stereocenters. The summed E-state index contributed by atoms with van der Waals surface area (Å²) in [6, 6.07) is 19.5. The molecule has 6 nitrogen and oxygen atoms in total. The van der Waals surface area contributed by atoms with Crippen LogP contribution in [0.1, 0.15) is 5.56 Å². The average molecular weight is 648 g/mol. The van der Waals surface area contributed by atoms with Gasteiger partial charge in [0.2, 0.25) is 0 Å². The molecule has 4 rings (SSSR count). The molecule has 0 saturated heterocycles. The molecule has 33 heavy (non-hydrogen) atoms. The van der Waals surface area contributed by atoms with Gasteiger partial charge < -0.3 is 18.9 Å². The maximum atomic E-state index is 9.20. The van der Waals surface area contributed by atoms with Gasteiger partial charge in [-0.15, -0.1) is 23.5 Å². The SMILES string of the molecule is [C-]#[N+]c1cc[c-]c(N2C=CN([Si](C)(C)[Si](C)(C)N3C=CN(c4[c-]ccc(C#N)c4)[CH-]3)[CH-]2)c1.[Pt+4]. The number of nitrogens with zero attached hydrogens (tertiary/aromatic N) is 6. The smallest absolute Gasteiger partial charge is 0.535 e. The van der Waals surface area contributed by atoms with Crippen LogP contribution in [0.2, 0.25) is 26.2 Å². The van der Waals surface area contributed by atoms with Gasteiger partial charge in [-0.1, -0.05) is 31.8 Å². The quantitative estimate of drug-likeness (QED) is 0.325. The van der Waals surface area contributed by atoms with Crippen molar-refractivity contribution in [3.05, 3.63) is 104 Å². The Labute approximate surface area is 213 Å². The molecule has 0 saturated carbocycles. The Bertz CT molecular complexity index is 1070. The molecule has 0 spiro atoms. The summed E-state index contributed by atoms with van der Waals surface area (Å²) < 4.78 is 4.76. The van der Waals surface area contributed by atoms with E-state index in [1.54, 1.807) is 24.3 Å². The van der Waals surface area contributed by atoms with Gasteiger partial charge in [-0.2, -0.15) is 55.0 Å². The van der Waals surface area contributed by atoms with Crippen LogP contribution in [-0.4, -0.2) is 24.6 Å². The van der Waals surface area contributed by atoms with E-state index in [9.17, 15) is 5.26 Å². The van der Waals surface area contributed by atoms with Gasteiger partial charge in [-0.3, -0.25) is 4.85 Å². The molecule has 0 bridgehead atoms. The second kappa shape index (κ2) is 9.61. The first kappa shape index (κ1) is 24.9. The van der Waals surface area contributed by atoms with Crippen molar-refractivity contribution >= 4 is 32.6 Å². The third-order valence-corrected chi connectivity index (χ3v) is 23.1. The molecule has 0 aliphatic carbocycles. The minimum Gasteiger partial charge on any atom is -0.535 e. The Morgan fingerprint density at radius 1 is 0.879 bits per heavy atom. The topological polar surface area (TPSA) is 41.1 Å². The van der Waals surface area contributed by atoms with Gasteiger partial charge in [-0.25, -0.2) is 0 Å². The van der Waals surface area contributed by atoms with Crippen LogP contribution >= 0.6 is 0 Å². The van der Waals surface area contributed by atoms with Crippen molar-refractivity contribution in [3.8, 4) is 6.07 Å². The van der Waals surface area contributed by atoms with Gasteiger partial charge in [0.15, 0.2) is 0 Å². The van der Waals surface area contributed by atoms with Crippen LogP contribution in [0.25, 0.3) is 4.85 Å². The first-order valence-corrected chi connectivity index (χ1v) is 17.2. The predicted octanol–water partition coefficient (Wildman–Crippen LogP) is 5.32. The molecule has 0 aromatic heterocycles. The molecule has 0 unspecified atom stereocenters. The monoisotopic (exact) mass is 647 g/mol. The molecule has 2 aliphatic heterocycles. The molecule has 0 N–H and O–H groups in total. The van der Waals surface area contributed by atoms with Gasteiger partial charge >= 0.3 is 21.1 Å². The molecule has 2 aliphatic rings. The molecule has 0 amide bonds. The van der Waals surface area contributed by atoms with Crippen molar-refractivity contribution in [3.63, 3.8) is 0 Å². The standard InChI is InChI=1S/C24H24N6Si2.Pt/c1-26-22-9-7-11-24(17-22)28-13-15-30(20-28)32(4,5)31(2,3)29-14-12-27(19-29)23-10-6-8-21(16-23)18-25;/h6-9,12-17,19-20H,2-5H3;/q-4;+4. The summed E-state index contributed by atoms with van der Waals surface area (Å²) in [4.78, 5) is 7.59. The van der Waals surface area contributed by atoms with Gasteiger partial charge in [0, 0.05) is 0 Å². The van der Waals surface area contributed by atoms with E-state index in [2.05, 4.69) is 84.1 Å². The fraction of sp³-hybridized carbons (Fsp3) is 0.167. The summed E-state index contributed by atoms with van der Waals surface area (Å²) in [6.45, 7) is 21.1. The van der Waals surface area contributed by atoms with Crippen LogP contribution in [-0.2, 0) is 21.1 Å². The fourth-order valence-electron chi connectivity index (χ4n) is 3.62. The Morgan fingerprint density at radius 2 is 1.39 bits per heavy atom. The zero-order valence-corrected chi connectivity index (χ0v) is 23.2. The zero-order chi connectivity index (χ0) is 22.9. The van der Waals surface area contributed by atoms with E-state index in [4.69, 9.17) is 6.57 Å². The third kappa shape index (κ3) is 4.65. The van der Waals surface area contributed by atoms with Crippen LogP contribution in [0.15, 0.2) is 61.2 Å². The number of anilines is 2. The van der Waals surface area contributed by atoms with E-state index < -0.39 is 15.5 Å². The maximum Gasteiger partial charge on any atom is 4.00 e. The minimum absolute atomic E-state index is 0. The summed E-state index contributed by atoms with van der Waals surface area (Å²) in [5.41, 5.74) is 2.97. The number of nitriles is 1. The molecule has 2 heterocycles. The average Bonchev–Trinajstić information content (AvgIpc) is 3.50. The molecule has 0 fully saturated rings. The van der Waals surface area contributed by atoms with E-state index in [-0.39, 0.29) is 21.1 Å². The van der Waals surface area contributed by atoms with Crippen LogP contribution < -0.4 is 9.80 Å². The fourth-order valence-corrected chi connectivity index (χ4v) is 11.2. The van der Waals surface area contributed by atoms with E-state index in [0.29, 0.717) is 11.3 Å². The van der Waals surface area contributed by atoms with Crippen molar-refractivity contribution in [2.45, 2.75) is 26.2 Å². The largest absolute Gasteiger partial charge is 4.00 e. The van der Waals surface area contributed by atoms with Crippen molar-refractivity contribution in [1.82, 2.24) is 9.13 Å². The summed E-state index contributed by atoms with van der Waals surface area (Å²) in [5.74, 6) is 0. The van der Waals surface area contributed by atoms with Crippen molar-refractivity contribution in [1.29, 1.82) is 5.26 Å². The zero-order valence-electron chi connectivity index (χ0n) is 18.9.